The standard InChI is InChI=1S/C19H22N2O4/c1-13(2)17(18(22)24-3)21-19(23)20-14-9-11-16(12-10-14)25-15-7-5-4-6-8-15/h4-13,17H,1-3H3,(H2,20,21,23). The molecule has 1 unspecified atom stereocenters. The summed E-state index contributed by atoms with van der Waals surface area (Å²) in [5, 5.41) is 5.30. The second kappa shape index (κ2) is 8.73. The molecule has 0 bridgehead atoms. The maximum absolute atomic E-state index is 12.1. The summed E-state index contributed by atoms with van der Waals surface area (Å²) in [7, 11) is 1.29. The van der Waals surface area contributed by atoms with Crippen LogP contribution in [0.3, 0.4) is 0 Å². The van der Waals surface area contributed by atoms with E-state index >= 15 is 0 Å². The summed E-state index contributed by atoms with van der Waals surface area (Å²) in [5.74, 6) is 0.835. The molecule has 0 heterocycles. The van der Waals surface area contributed by atoms with E-state index in [2.05, 4.69) is 10.6 Å². The second-order valence-corrected chi connectivity index (χ2v) is 5.78. The second-order valence-electron chi connectivity index (χ2n) is 5.78. The first kappa shape index (κ1) is 18.3. The third kappa shape index (κ3) is 5.53. The number of carbonyl (C=O) groups is 2. The number of para-hydroxylation sites is 1. The molecule has 2 rings (SSSR count). The van der Waals surface area contributed by atoms with Gasteiger partial charge in [0, 0.05) is 5.69 Å². The SMILES string of the molecule is COC(=O)C(NC(=O)Nc1ccc(Oc2ccccc2)cc1)C(C)C. The molecule has 0 saturated heterocycles. The first-order valence-corrected chi connectivity index (χ1v) is 7.98. The monoisotopic (exact) mass is 342 g/mol. The van der Waals surface area contributed by atoms with Crippen LogP contribution in [0.2, 0.25) is 0 Å². The zero-order chi connectivity index (χ0) is 18.2. The number of urea groups is 1. The Labute approximate surface area is 147 Å². The van der Waals surface area contributed by atoms with Gasteiger partial charge in [-0.05, 0) is 42.3 Å². The molecule has 6 heteroatoms. The van der Waals surface area contributed by atoms with Gasteiger partial charge in [-0.2, -0.15) is 0 Å². The molecule has 6 nitrogen and oxygen atoms in total. The summed E-state index contributed by atoms with van der Waals surface area (Å²) in [5.41, 5.74) is 0.588. The average Bonchev–Trinajstić information content (AvgIpc) is 2.61. The van der Waals surface area contributed by atoms with Crippen LogP contribution in [-0.2, 0) is 9.53 Å². The summed E-state index contributed by atoms with van der Waals surface area (Å²) in [6, 6.07) is 15.2. The van der Waals surface area contributed by atoms with Gasteiger partial charge in [0.05, 0.1) is 7.11 Å². The van der Waals surface area contributed by atoms with E-state index in [1.807, 2.05) is 44.2 Å². The normalized spacial score (nSPS) is 11.5. The molecule has 2 N–H and O–H groups in total. The maximum Gasteiger partial charge on any atom is 0.328 e. The van der Waals surface area contributed by atoms with Crippen LogP contribution in [0.1, 0.15) is 13.8 Å². The van der Waals surface area contributed by atoms with Crippen molar-refractivity contribution in [1.82, 2.24) is 5.32 Å². The molecule has 0 aliphatic rings. The number of hydrogen-bond donors (Lipinski definition) is 2. The molecule has 0 radical (unpaired) electrons. The van der Waals surface area contributed by atoms with Crippen LogP contribution >= 0.6 is 0 Å². The Morgan fingerprint density at radius 1 is 0.920 bits per heavy atom. The highest BCUT2D eigenvalue weighted by Gasteiger charge is 2.24. The zero-order valence-corrected chi connectivity index (χ0v) is 14.5. The minimum absolute atomic E-state index is 0.0835. The van der Waals surface area contributed by atoms with E-state index in [1.54, 1.807) is 24.3 Å². The quantitative estimate of drug-likeness (QED) is 0.783. The fourth-order valence-corrected chi connectivity index (χ4v) is 2.16. The number of hydrogen-bond acceptors (Lipinski definition) is 4. The van der Waals surface area contributed by atoms with Crippen molar-refractivity contribution in [3.05, 3.63) is 54.6 Å². The lowest BCUT2D eigenvalue weighted by Gasteiger charge is -2.20. The van der Waals surface area contributed by atoms with E-state index < -0.39 is 18.0 Å². The van der Waals surface area contributed by atoms with Gasteiger partial charge >= 0.3 is 12.0 Å². The van der Waals surface area contributed by atoms with Gasteiger partial charge in [-0.1, -0.05) is 32.0 Å². The lowest BCUT2D eigenvalue weighted by Crippen LogP contribution is -2.46. The Balaban J connectivity index is 1.94. The van der Waals surface area contributed by atoms with E-state index in [-0.39, 0.29) is 5.92 Å². The molecule has 2 aromatic rings. The molecule has 0 aliphatic heterocycles. The number of esters is 1. The van der Waals surface area contributed by atoms with Gasteiger partial charge in [-0.15, -0.1) is 0 Å². The molecule has 0 saturated carbocycles. The van der Waals surface area contributed by atoms with Crippen LogP contribution in [0.4, 0.5) is 10.5 Å². The molecule has 2 aromatic carbocycles. The summed E-state index contributed by atoms with van der Waals surface area (Å²) in [6.45, 7) is 3.66. The molecule has 132 valence electrons. The number of amides is 2. The number of anilines is 1. The van der Waals surface area contributed by atoms with Crippen molar-refractivity contribution in [1.29, 1.82) is 0 Å². The third-order valence-corrected chi connectivity index (χ3v) is 3.50. The number of rotatable bonds is 6. The largest absolute Gasteiger partial charge is 0.467 e. The molecule has 0 spiro atoms. The summed E-state index contributed by atoms with van der Waals surface area (Å²) >= 11 is 0. The fourth-order valence-electron chi connectivity index (χ4n) is 2.16. The summed E-state index contributed by atoms with van der Waals surface area (Å²) < 4.78 is 10.4. The van der Waals surface area contributed by atoms with Crippen molar-refractivity contribution in [2.24, 2.45) is 5.92 Å². The van der Waals surface area contributed by atoms with E-state index in [0.29, 0.717) is 11.4 Å². The molecule has 2 amide bonds. The van der Waals surface area contributed by atoms with Crippen molar-refractivity contribution in [3.63, 3.8) is 0 Å². The van der Waals surface area contributed by atoms with Gasteiger partial charge in [-0.25, -0.2) is 9.59 Å². The Hall–Kier alpha value is -3.02. The minimum Gasteiger partial charge on any atom is -0.467 e. The van der Waals surface area contributed by atoms with E-state index in [1.165, 1.54) is 7.11 Å². The average molecular weight is 342 g/mol. The van der Waals surface area contributed by atoms with Crippen LogP contribution in [0, 0.1) is 5.92 Å². The lowest BCUT2D eigenvalue weighted by atomic mass is 10.1. The summed E-state index contributed by atoms with van der Waals surface area (Å²) in [6.07, 6.45) is 0. The minimum atomic E-state index is -0.703. The van der Waals surface area contributed by atoms with Crippen LogP contribution in [0.15, 0.2) is 54.6 Å². The van der Waals surface area contributed by atoms with Crippen LogP contribution < -0.4 is 15.4 Å². The molecular formula is C19H22N2O4. The van der Waals surface area contributed by atoms with Gasteiger partial charge in [0.15, 0.2) is 0 Å². The molecule has 0 aliphatic carbocycles. The lowest BCUT2D eigenvalue weighted by molar-refractivity contribution is -0.143. The Bertz CT molecular complexity index is 699. The van der Waals surface area contributed by atoms with Gasteiger partial charge in [0.25, 0.3) is 0 Å². The first-order chi connectivity index (χ1) is 12.0. The van der Waals surface area contributed by atoms with E-state index in [0.717, 1.165) is 5.75 Å². The number of methoxy groups -OCH3 is 1. The zero-order valence-electron chi connectivity index (χ0n) is 14.5. The molecular weight excluding hydrogens is 320 g/mol. The van der Waals surface area contributed by atoms with Gasteiger partial charge in [0.1, 0.15) is 17.5 Å². The fraction of sp³-hybridized carbons (Fsp3) is 0.263. The number of carbonyl (C=O) groups excluding carboxylic acids is 2. The predicted octanol–water partition coefficient (Wildman–Crippen LogP) is 3.80. The number of ether oxygens (including phenoxy) is 2. The maximum atomic E-state index is 12.1. The third-order valence-electron chi connectivity index (χ3n) is 3.50. The highest BCUT2D eigenvalue weighted by atomic mass is 16.5. The number of nitrogens with one attached hydrogen (secondary N) is 2. The van der Waals surface area contributed by atoms with E-state index in [4.69, 9.17) is 9.47 Å². The van der Waals surface area contributed by atoms with Crippen molar-refractivity contribution in [2.45, 2.75) is 19.9 Å². The van der Waals surface area contributed by atoms with Crippen molar-refractivity contribution in [2.75, 3.05) is 12.4 Å². The van der Waals surface area contributed by atoms with E-state index in [9.17, 15) is 9.59 Å². The Morgan fingerprint density at radius 2 is 1.52 bits per heavy atom. The smallest absolute Gasteiger partial charge is 0.328 e. The van der Waals surface area contributed by atoms with Crippen molar-refractivity contribution >= 4 is 17.7 Å². The van der Waals surface area contributed by atoms with Crippen LogP contribution in [-0.4, -0.2) is 25.2 Å². The topological polar surface area (TPSA) is 76.7 Å². The highest BCUT2D eigenvalue weighted by Crippen LogP contribution is 2.22. The summed E-state index contributed by atoms with van der Waals surface area (Å²) in [4.78, 5) is 23.7. The first-order valence-electron chi connectivity index (χ1n) is 7.98. The molecule has 0 aromatic heterocycles. The predicted molar refractivity (Wildman–Crippen MR) is 95.8 cm³/mol. The number of benzene rings is 2. The van der Waals surface area contributed by atoms with Gasteiger partial charge in [-0.3, -0.25) is 0 Å². The molecule has 25 heavy (non-hydrogen) atoms. The molecule has 1 atom stereocenters. The van der Waals surface area contributed by atoms with Crippen molar-refractivity contribution in [3.8, 4) is 11.5 Å². The molecule has 0 fully saturated rings. The van der Waals surface area contributed by atoms with Gasteiger partial charge < -0.3 is 20.1 Å². The highest BCUT2D eigenvalue weighted by molar-refractivity contribution is 5.92. The Kier molecular flexibility index (Phi) is 6.39. The van der Waals surface area contributed by atoms with Crippen LogP contribution in [0.25, 0.3) is 0 Å². The van der Waals surface area contributed by atoms with Gasteiger partial charge in [0.2, 0.25) is 0 Å². The van der Waals surface area contributed by atoms with Crippen molar-refractivity contribution < 1.29 is 19.1 Å². The Morgan fingerprint density at radius 3 is 2.08 bits per heavy atom. The van der Waals surface area contributed by atoms with Crippen LogP contribution in [0.5, 0.6) is 11.5 Å².